The molecular formula is C11H13NO. The van der Waals surface area contributed by atoms with E-state index in [1.165, 1.54) is 11.1 Å². The molecule has 1 aromatic carbocycles. The third kappa shape index (κ3) is 1.13. The largest absolute Gasteiger partial charge is 0.337 e. The van der Waals surface area contributed by atoms with Gasteiger partial charge in [-0.15, -0.1) is 0 Å². The molecule has 0 aliphatic carbocycles. The van der Waals surface area contributed by atoms with E-state index in [1.807, 2.05) is 19.2 Å². The van der Waals surface area contributed by atoms with Crippen molar-refractivity contribution in [3.8, 4) is 0 Å². The molecule has 0 spiro atoms. The van der Waals surface area contributed by atoms with Crippen LogP contribution in [0.1, 0.15) is 28.4 Å². The number of benzene rings is 1. The van der Waals surface area contributed by atoms with Crippen molar-refractivity contribution < 1.29 is 4.79 Å². The Kier molecular flexibility index (Phi) is 1.83. The number of fused-ring (bicyclic) bond motifs is 1. The smallest absolute Gasteiger partial charge is 0.254 e. The van der Waals surface area contributed by atoms with E-state index in [1.54, 1.807) is 4.90 Å². The van der Waals surface area contributed by atoms with Crippen LogP contribution in [0, 0.1) is 0 Å². The van der Waals surface area contributed by atoms with Crippen LogP contribution in [-0.4, -0.2) is 17.9 Å². The highest BCUT2D eigenvalue weighted by Crippen LogP contribution is 2.24. The Morgan fingerprint density at radius 2 is 2.23 bits per heavy atom. The predicted molar refractivity (Wildman–Crippen MR) is 51.6 cm³/mol. The summed E-state index contributed by atoms with van der Waals surface area (Å²) in [6.45, 7) is 2.90. The third-order valence-corrected chi connectivity index (χ3v) is 2.63. The molecule has 0 bridgehead atoms. The summed E-state index contributed by atoms with van der Waals surface area (Å²) in [5, 5.41) is 0. The van der Waals surface area contributed by atoms with Gasteiger partial charge in [0.2, 0.25) is 0 Å². The van der Waals surface area contributed by atoms with Gasteiger partial charge in [0.15, 0.2) is 0 Å². The Labute approximate surface area is 78.2 Å². The molecule has 0 atom stereocenters. The van der Waals surface area contributed by atoms with E-state index in [2.05, 4.69) is 13.0 Å². The minimum atomic E-state index is 0.158. The first-order valence-corrected chi connectivity index (χ1v) is 4.60. The van der Waals surface area contributed by atoms with E-state index in [0.29, 0.717) is 0 Å². The highest BCUT2D eigenvalue weighted by atomic mass is 16.2. The summed E-state index contributed by atoms with van der Waals surface area (Å²) in [6.07, 6.45) is 1.00. The zero-order chi connectivity index (χ0) is 9.42. The maximum Gasteiger partial charge on any atom is 0.254 e. The zero-order valence-electron chi connectivity index (χ0n) is 8.00. The number of hydrogen-bond donors (Lipinski definition) is 0. The molecule has 2 rings (SSSR count). The Balaban J connectivity index is 2.55. The lowest BCUT2D eigenvalue weighted by molar-refractivity contribution is 0.0816. The van der Waals surface area contributed by atoms with Crippen LogP contribution in [0.5, 0.6) is 0 Å². The lowest BCUT2D eigenvalue weighted by Gasteiger charge is -2.05. The van der Waals surface area contributed by atoms with Crippen molar-refractivity contribution >= 4 is 5.91 Å². The van der Waals surface area contributed by atoms with Crippen LogP contribution in [0.2, 0.25) is 0 Å². The van der Waals surface area contributed by atoms with Crippen LogP contribution in [0.15, 0.2) is 18.2 Å². The van der Waals surface area contributed by atoms with Crippen LogP contribution in [0.3, 0.4) is 0 Å². The second-order valence-corrected chi connectivity index (χ2v) is 3.46. The van der Waals surface area contributed by atoms with Crippen molar-refractivity contribution in [2.24, 2.45) is 0 Å². The molecule has 0 unspecified atom stereocenters. The average molecular weight is 175 g/mol. The monoisotopic (exact) mass is 175 g/mol. The third-order valence-electron chi connectivity index (χ3n) is 2.63. The molecule has 0 saturated heterocycles. The number of amides is 1. The summed E-state index contributed by atoms with van der Waals surface area (Å²) in [6, 6.07) is 5.99. The summed E-state index contributed by atoms with van der Waals surface area (Å²) >= 11 is 0. The van der Waals surface area contributed by atoms with Crippen molar-refractivity contribution in [3.05, 3.63) is 34.9 Å². The number of carbonyl (C=O) groups excluding carboxylic acids is 1. The van der Waals surface area contributed by atoms with E-state index >= 15 is 0 Å². The predicted octanol–water partition coefficient (Wildman–Crippen LogP) is 1.83. The molecule has 13 heavy (non-hydrogen) atoms. The van der Waals surface area contributed by atoms with Gasteiger partial charge in [0.25, 0.3) is 5.91 Å². The highest BCUT2D eigenvalue weighted by Gasteiger charge is 2.25. The number of rotatable bonds is 1. The maximum atomic E-state index is 11.6. The van der Waals surface area contributed by atoms with Gasteiger partial charge in [0.05, 0.1) is 0 Å². The lowest BCUT2D eigenvalue weighted by atomic mass is 10.0. The zero-order valence-corrected chi connectivity index (χ0v) is 8.00. The molecule has 1 aliphatic rings. The van der Waals surface area contributed by atoms with E-state index in [4.69, 9.17) is 0 Å². The molecule has 68 valence electrons. The standard InChI is InChI=1S/C11H13NO/c1-3-8-5-4-6-9-10(8)7-12(2)11(9)13/h4-6H,3,7H2,1-2H3. The van der Waals surface area contributed by atoms with Crippen LogP contribution in [0.4, 0.5) is 0 Å². The molecule has 2 heteroatoms. The first-order valence-electron chi connectivity index (χ1n) is 4.60. The minimum Gasteiger partial charge on any atom is -0.337 e. The number of hydrogen-bond acceptors (Lipinski definition) is 1. The van der Waals surface area contributed by atoms with Gasteiger partial charge in [-0.05, 0) is 23.6 Å². The molecule has 0 radical (unpaired) electrons. The van der Waals surface area contributed by atoms with Crippen molar-refractivity contribution in [3.63, 3.8) is 0 Å². The maximum absolute atomic E-state index is 11.6. The van der Waals surface area contributed by atoms with Crippen molar-refractivity contribution in [2.75, 3.05) is 7.05 Å². The van der Waals surface area contributed by atoms with Gasteiger partial charge in [0, 0.05) is 19.2 Å². The van der Waals surface area contributed by atoms with Gasteiger partial charge in [-0.25, -0.2) is 0 Å². The molecular weight excluding hydrogens is 162 g/mol. The molecule has 1 aliphatic heterocycles. The molecule has 0 fully saturated rings. The normalized spacial score (nSPS) is 14.9. The SMILES string of the molecule is CCc1cccc2c1CN(C)C2=O. The van der Waals surface area contributed by atoms with E-state index < -0.39 is 0 Å². The second-order valence-electron chi connectivity index (χ2n) is 3.46. The quantitative estimate of drug-likeness (QED) is 0.637. The van der Waals surface area contributed by atoms with Gasteiger partial charge in [-0.2, -0.15) is 0 Å². The van der Waals surface area contributed by atoms with Gasteiger partial charge >= 0.3 is 0 Å². The van der Waals surface area contributed by atoms with Crippen molar-refractivity contribution in [1.82, 2.24) is 4.90 Å². The molecule has 1 heterocycles. The van der Waals surface area contributed by atoms with E-state index in [9.17, 15) is 4.79 Å². The van der Waals surface area contributed by atoms with Crippen LogP contribution < -0.4 is 0 Å². The number of nitrogens with zero attached hydrogens (tertiary/aromatic N) is 1. The Morgan fingerprint density at radius 1 is 1.46 bits per heavy atom. The van der Waals surface area contributed by atoms with Gasteiger partial charge < -0.3 is 4.90 Å². The summed E-state index contributed by atoms with van der Waals surface area (Å²) in [5.41, 5.74) is 3.41. The lowest BCUT2D eigenvalue weighted by Crippen LogP contribution is -2.17. The van der Waals surface area contributed by atoms with E-state index in [0.717, 1.165) is 18.5 Å². The van der Waals surface area contributed by atoms with Crippen molar-refractivity contribution in [2.45, 2.75) is 19.9 Å². The topological polar surface area (TPSA) is 20.3 Å². The van der Waals surface area contributed by atoms with Gasteiger partial charge in [0.1, 0.15) is 0 Å². The van der Waals surface area contributed by atoms with Gasteiger partial charge in [-0.1, -0.05) is 19.1 Å². The number of carbonyl (C=O) groups is 1. The first-order chi connectivity index (χ1) is 6.24. The van der Waals surface area contributed by atoms with E-state index in [-0.39, 0.29) is 5.91 Å². The van der Waals surface area contributed by atoms with Crippen LogP contribution >= 0.6 is 0 Å². The Hall–Kier alpha value is -1.31. The Bertz CT molecular complexity index is 357. The van der Waals surface area contributed by atoms with Crippen molar-refractivity contribution in [1.29, 1.82) is 0 Å². The Morgan fingerprint density at radius 3 is 2.92 bits per heavy atom. The van der Waals surface area contributed by atoms with Crippen LogP contribution in [0.25, 0.3) is 0 Å². The summed E-state index contributed by atoms with van der Waals surface area (Å²) in [4.78, 5) is 13.4. The molecule has 0 aromatic heterocycles. The fourth-order valence-electron chi connectivity index (χ4n) is 1.87. The minimum absolute atomic E-state index is 0.158. The summed E-state index contributed by atoms with van der Waals surface area (Å²) in [7, 11) is 1.85. The number of aryl methyl sites for hydroxylation is 1. The first kappa shape index (κ1) is 8.30. The molecule has 0 saturated carbocycles. The van der Waals surface area contributed by atoms with Gasteiger partial charge in [-0.3, -0.25) is 4.79 Å². The molecule has 2 nitrogen and oxygen atoms in total. The molecule has 1 aromatic rings. The fourth-order valence-corrected chi connectivity index (χ4v) is 1.87. The molecule has 0 N–H and O–H groups in total. The molecule has 1 amide bonds. The highest BCUT2D eigenvalue weighted by molar-refractivity contribution is 5.98. The second kappa shape index (κ2) is 2.87. The fraction of sp³-hybridized carbons (Fsp3) is 0.364. The summed E-state index contributed by atoms with van der Waals surface area (Å²) in [5.74, 6) is 0.158. The van der Waals surface area contributed by atoms with Crippen LogP contribution in [-0.2, 0) is 13.0 Å². The average Bonchev–Trinajstić information content (AvgIpc) is 2.43. The summed E-state index contributed by atoms with van der Waals surface area (Å²) < 4.78 is 0.